The minimum atomic E-state index is -0.306. The third kappa shape index (κ3) is 5.37. The van der Waals surface area contributed by atoms with Crippen molar-refractivity contribution in [3.63, 3.8) is 0 Å². The molecule has 1 heterocycles. The van der Waals surface area contributed by atoms with Gasteiger partial charge in [-0.3, -0.25) is 4.79 Å². The molecule has 0 atom stereocenters. The van der Waals surface area contributed by atoms with E-state index in [4.69, 9.17) is 20.9 Å². The van der Waals surface area contributed by atoms with Crippen LogP contribution in [0.3, 0.4) is 0 Å². The summed E-state index contributed by atoms with van der Waals surface area (Å²) in [5.74, 6) is 2.22. The zero-order valence-electron chi connectivity index (χ0n) is 17.8. The molecular weight excluding hydrogens is 424 g/mol. The number of hydrogen-bond acceptors (Lipinski definition) is 4. The third-order valence-corrected chi connectivity index (χ3v) is 5.28. The van der Waals surface area contributed by atoms with E-state index < -0.39 is 0 Å². The van der Waals surface area contributed by atoms with Crippen molar-refractivity contribution in [2.45, 2.75) is 26.3 Å². The summed E-state index contributed by atoms with van der Waals surface area (Å²) in [6.07, 6.45) is 0. The lowest BCUT2D eigenvalue weighted by Gasteiger charge is -2.09. The molecule has 0 radical (unpaired) electrons. The molecule has 0 aliphatic rings. The highest BCUT2D eigenvalue weighted by Crippen LogP contribution is 2.25. The maximum absolute atomic E-state index is 12.4. The van der Waals surface area contributed by atoms with Crippen LogP contribution >= 0.6 is 11.6 Å². The molecule has 3 aromatic carbocycles. The van der Waals surface area contributed by atoms with E-state index >= 15 is 0 Å². The highest BCUT2D eigenvalue weighted by Gasteiger charge is 2.13. The molecule has 0 bridgehead atoms. The quantitative estimate of drug-likeness (QED) is 0.337. The molecule has 0 saturated heterocycles. The van der Waals surface area contributed by atoms with E-state index in [1.54, 1.807) is 18.2 Å². The number of halogens is 1. The van der Waals surface area contributed by atoms with Gasteiger partial charge in [-0.2, -0.15) is 0 Å². The monoisotopic (exact) mass is 446 g/mol. The maximum atomic E-state index is 12.4. The Morgan fingerprint density at radius 3 is 2.22 bits per heavy atom. The third-order valence-electron chi connectivity index (χ3n) is 5.03. The maximum Gasteiger partial charge on any atom is 0.273 e. The Kier molecular flexibility index (Phi) is 6.57. The first-order chi connectivity index (χ1) is 15.5. The summed E-state index contributed by atoms with van der Waals surface area (Å²) < 4.78 is 11.2. The SMILES string of the molecule is CC(C)c1ccc(Oc2ccc(CNC(=O)c3cc(-c4ccc(Cl)cc4)on3)cc2)cc1. The molecule has 1 amide bonds. The molecular formula is C26H23ClN2O3. The van der Waals surface area contributed by atoms with Crippen molar-refractivity contribution in [1.82, 2.24) is 10.5 Å². The van der Waals surface area contributed by atoms with E-state index in [0.717, 1.165) is 22.6 Å². The van der Waals surface area contributed by atoms with E-state index in [1.807, 2.05) is 48.5 Å². The second-order valence-corrected chi connectivity index (χ2v) is 8.17. The van der Waals surface area contributed by atoms with Gasteiger partial charge in [0.1, 0.15) is 11.5 Å². The van der Waals surface area contributed by atoms with Gasteiger partial charge in [-0.25, -0.2) is 0 Å². The number of ether oxygens (including phenoxy) is 1. The molecule has 32 heavy (non-hydrogen) atoms. The van der Waals surface area contributed by atoms with Gasteiger partial charge in [0, 0.05) is 23.2 Å². The number of carbonyl (C=O) groups is 1. The highest BCUT2D eigenvalue weighted by atomic mass is 35.5. The van der Waals surface area contributed by atoms with Crippen LogP contribution in [-0.2, 0) is 6.54 Å². The van der Waals surface area contributed by atoms with Crippen molar-refractivity contribution in [3.8, 4) is 22.8 Å². The first-order valence-corrected chi connectivity index (χ1v) is 10.7. The number of benzene rings is 3. The topological polar surface area (TPSA) is 64.4 Å². The molecule has 5 nitrogen and oxygen atoms in total. The second kappa shape index (κ2) is 9.71. The Morgan fingerprint density at radius 1 is 0.969 bits per heavy atom. The molecule has 0 saturated carbocycles. The normalized spacial score (nSPS) is 10.9. The first-order valence-electron chi connectivity index (χ1n) is 10.4. The summed E-state index contributed by atoms with van der Waals surface area (Å²) in [6, 6.07) is 24.4. The Bertz CT molecular complexity index is 1180. The summed E-state index contributed by atoms with van der Waals surface area (Å²) in [4.78, 5) is 12.4. The van der Waals surface area contributed by atoms with Crippen LogP contribution in [0.25, 0.3) is 11.3 Å². The van der Waals surface area contributed by atoms with Gasteiger partial charge in [-0.05, 0) is 65.6 Å². The predicted molar refractivity (Wildman–Crippen MR) is 125 cm³/mol. The van der Waals surface area contributed by atoms with Crippen molar-refractivity contribution in [2.24, 2.45) is 0 Å². The predicted octanol–water partition coefficient (Wildman–Crippen LogP) is 6.84. The molecule has 0 fully saturated rings. The van der Waals surface area contributed by atoms with Crippen LogP contribution in [0.2, 0.25) is 5.02 Å². The molecule has 4 aromatic rings. The van der Waals surface area contributed by atoms with Crippen LogP contribution < -0.4 is 10.1 Å². The zero-order valence-corrected chi connectivity index (χ0v) is 18.6. The Hall–Kier alpha value is -3.57. The number of hydrogen-bond donors (Lipinski definition) is 1. The van der Waals surface area contributed by atoms with Crippen molar-refractivity contribution in [3.05, 3.63) is 101 Å². The van der Waals surface area contributed by atoms with Gasteiger partial charge >= 0.3 is 0 Å². The lowest BCUT2D eigenvalue weighted by molar-refractivity contribution is 0.0942. The molecule has 1 aromatic heterocycles. The molecule has 0 spiro atoms. The second-order valence-electron chi connectivity index (χ2n) is 7.74. The van der Waals surface area contributed by atoms with Gasteiger partial charge in [-0.15, -0.1) is 0 Å². The summed E-state index contributed by atoms with van der Waals surface area (Å²) >= 11 is 5.90. The van der Waals surface area contributed by atoms with Crippen LogP contribution in [-0.4, -0.2) is 11.1 Å². The smallest absolute Gasteiger partial charge is 0.273 e. The number of nitrogens with one attached hydrogen (secondary N) is 1. The summed E-state index contributed by atoms with van der Waals surface area (Å²) in [7, 11) is 0. The van der Waals surface area contributed by atoms with Gasteiger partial charge in [0.05, 0.1) is 0 Å². The lowest BCUT2D eigenvalue weighted by atomic mass is 10.0. The van der Waals surface area contributed by atoms with Gasteiger partial charge in [0.2, 0.25) is 0 Å². The fraction of sp³-hybridized carbons (Fsp3) is 0.154. The number of rotatable bonds is 7. The van der Waals surface area contributed by atoms with Gasteiger partial charge in [-0.1, -0.05) is 54.9 Å². The van der Waals surface area contributed by atoms with E-state index in [-0.39, 0.29) is 11.6 Å². The van der Waals surface area contributed by atoms with Crippen LogP contribution in [0.15, 0.2) is 83.4 Å². The minimum absolute atomic E-state index is 0.222. The Morgan fingerprint density at radius 2 is 1.59 bits per heavy atom. The summed E-state index contributed by atoms with van der Waals surface area (Å²) in [5, 5.41) is 7.35. The fourth-order valence-corrected chi connectivity index (χ4v) is 3.26. The highest BCUT2D eigenvalue weighted by molar-refractivity contribution is 6.30. The summed E-state index contributed by atoms with van der Waals surface area (Å²) in [5.41, 5.74) is 3.24. The first kappa shape index (κ1) is 21.7. The number of nitrogens with zero attached hydrogens (tertiary/aromatic N) is 1. The Balaban J connectivity index is 1.32. The standard InChI is InChI=1S/C26H23ClN2O3/c1-17(2)19-7-13-23(14-8-19)31-22-11-3-18(4-12-22)16-28-26(30)24-15-25(32-29-24)20-5-9-21(27)10-6-20/h3-15,17H,16H2,1-2H3,(H,28,30). The van der Waals surface area contributed by atoms with E-state index in [0.29, 0.717) is 23.2 Å². The van der Waals surface area contributed by atoms with E-state index in [1.165, 1.54) is 5.56 Å². The van der Waals surface area contributed by atoms with Gasteiger partial charge < -0.3 is 14.6 Å². The lowest BCUT2D eigenvalue weighted by Crippen LogP contribution is -2.22. The number of carbonyl (C=O) groups excluding carboxylic acids is 1. The van der Waals surface area contributed by atoms with Crippen LogP contribution in [0, 0.1) is 0 Å². The molecule has 162 valence electrons. The van der Waals surface area contributed by atoms with Crippen molar-refractivity contribution >= 4 is 17.5 Å². The molecule has 4 rings (SSSR count). The van der Waals surface area contributed by atoms with Crippen LogP contribution in [0.5, 0.6) is 11.5 Å². The molecule has 0 aliphatic carbocycles. The Labute approximate surface area is 192 Å². The molecule has 0 aliphatic heterocycles. The number of aromatic nitrogens is 1. The van der Waals surface area contributed by atoms with Crippen molar-refractivity contribution in [2.75, 3.05) is 0 Å². The van der Waals surface area contributed by atoms with Gasteiger partial charge in [0.25, 0.3) is 5.91 Å². The average Bonchev–Trinajstić information content (AvgIpc) is 3.30. The zero-order chi connectivity index (χ0) is 22.5. The molecule has 6 heteroatoms. The van der Waals surface area contributed by atoms with Gasteiger partial charge in [0.15, 0.2) is 11.5 Å². The number of amides is 1. The largest absolute Gasteiger partial charge is 0.457 e. The van der Waals surface area contributed by atoms with Crippen LogP contribution in [0.1, 0.15) is 41.4 Å². The van der Waals surface area contributed by atoms with E-state index in [2.05, 4.69) is 36.5 Å². The van der Waals surface area contributed by atoms with E-state index in [9.17, 15) is 4.79 Å². The minimum Gasteiger partial charge on any atom is -0.457 e. The average molecular weight is 447 g/mol. The summed E-state index contributed by atoms with van der Waals surface area (Å²) in [6.45, 7) is 4.69. The molecule has 0 unspecified atom stereocenters. The fourth-order valence-electron chi connectivity index (χ4n) is 3.14. The van der Waals surface area contributed by atoms with Crippen LogP contribution in [0.4, 0.5) is 0 Å². The molecule has 1 N–H and O–H groups in total. The van der Waals surface area contributed by atoms with Crippen molar-refractivity contribution in [1.29, 1.82) is 0 Å². The van der Waals surface area contributed by atoms with Crippen molar-refractivity contribution < 1.29 is 14.1 Å².